The lowest BCUT2D eigenvalue weighted by Crippen LogP contribution is -2.35. The Kier molecular flexibility index (Phi) is 3.90. The molecule has 1 unspecified atom stereocenters. The molecule has 0 spiro atoms. The van der Waals surface area contributed by atoms with E-state index in [9.17, 15) is 4.79 Å². The molecule has 0 N–H and O–H groups in total. The Hall–Kier alpha value is -2.47. The molecule has 1 aliphatic rings. The third-order valence-electron chi connectivity index (χ3n) is 4.26. The van der Waals surface area contributed by atoms with Gasteiger partial charge in [0.1, 0.15) is 0 Å². The van der Waals surface area contributed by atoms with E-state index in [1.807, 2.05) is 39.9 Å². The summed E-state index contributed by atoms with van der Waals surface area (Å²) in [6.45, 7) is 2.08. The Morgan fingerprint density at radius 1 is 1.33 bits per heavy atom. The van der Waals surface area contributed by atoms with Gasteiger partial charge in [0.15, 0.2) is 0 Å². The third kappa shape index (κ3) is 2.73. The molecule has 24 heavy (non-hydrogen) atoms. The van der Waals surface area contributed by atoms with Crippen molar-refractivity contribution >= 4 is 22.9 Å². The Morgan fingerprint density at radius 3 is 3.04 bits per heavy atom. The first-order valence-corrected chi connectivity index (χ1v) is 8.91. The SMILES string of the molecule is CC1Cc2ccccc2N1C(=O)CCc1nnc(-c2ccsc2)o1. The van der Waals surface area contributed by atoms with E-state index in [-0.39, 0.29) is 11.9 Å². The van der Waals surface area contributed by atoms with Crippen molar-refractivity contribution in [3.63, 3.8) is 0 Å². The second-order valence-corrected chi connectivity index (χ2v) is 6.74. The molecule has 0 fully saturated rings. The van der Waals surface area contributed by atoms with Gasteiger partial charge in [-0.2, -0.15) is 11.3 Å². The highest BCUT2D eigenvalue weighted by Crippen LogP contribution is 2.32. The van der Waals surface area contributed by atoms with Gasteiger partial charge in [0.05, 0.1) is 0 Å². The molecule has 0 radical (unpaired) electrons. The fourth-order valence-electron chi connectivity index (χ4n) is 3.14. The topological polar surface area (TPSA) is 59.2 Å². The summed E-state index contributed by atoms with van der Waals surface area (Å²) in [7, 11) is 0. The van der Waals surface area contributed by atoms with Gasteiger partial charge in [0, 0.05) is 35.5 Å². The van der Waals surface area contributed by atoms with Crippen LogP contribution in [0.1, 0.15) is 24.8 Å². The van der Waals surface area contributed by atoms with E-state index in [1.54, 1.807) is 11.3 Å². The van der Waals surface area contributed by atoms with Crippen molar-refractivity contribution in [3.8, 4) is 11.5 Å². The summed E-state index contributed by atoms with van der Waals surface area (Å²) in [4.78, 5) is 14.6. The van der Waals surface area contributed by atoms with Crippen molar-refractivity contribution in [2.45, 2.75) is 32.2 Å². The van der Waals surface area contributed by atoms with Gasteiger partial charge >= 0.3 is 0 Å². The van der Waals surface area contributed by atoms with Gasteiger partial charge in [-0.25, -0.2) is 0 Å². The summed E-state index contributed by atoms with van der Waals surface area (Å²) in [6.07, 6.45) is 1.73. The zero-order chi connectivity index (χ0) is 16.5. The molecule has 1 aromatic carbocycles. The number of aromatic nitrogens is 2. The highest BCUT2D eigenvalue weighted by molar-refractivity contribution is 7.08. The van der Waals surface area contributed by atoms with E-state index in [0.29, 0.717) is 24.6 Å². The van der Waals surface area contributed by atoms with Crippen molar-refractivity contribution in [2.24, 2.45) is 0 Å². The maximum Gasteiger partial charge on any atom is 0.248 e. The highest BCUT2D eigenvalue weighted by atomic mass is 32.1. The minimum atomic E-state index is 0.0998. The Bertz CT molecular complexity index is 857. The van der Waals surface area contributed by atoms with Crippen LogP contribution in [0.15, 0.2) is 45.5 Å². The van der Waals surface area contributed by atoms with Crippen LogP contribution < -0.4 is 4.90 Å². The molecule has 122 valence electrons. The summed E-state index contributed by atoms with van der Waals surface area (Å²) in [5.74, 6) is 1.12. The van der Waals surface area contributed by atoms with Crippen molar-refractivity contribution in [1.29, 1.82) is 0 Å². The highest BCUT2D eigenvalue weighted by Gasteiger charge is 2.30. The van der Waals surface area contributed by atoms with Crippen LogP contribution in [0.4, 0.5) is 5.69 Å². The van der Waals surface area contributed by atoms with Gasteiger partial charge in [-0.05, 0) is 36.4 Å². The molecule has 3 heterocycles. The minimum Gasteiger partial charge on any atom is -0.421 e. The molecule has 0 bridgehead atoms. The fraction of sp³-hybridized carbons (Fsp3) is 0.278. The monoisotopic (exact) mass is 339 g/mol. The van der Waals surface area contributed by atoms with Crippen LogP contribution in [0, 0.1) is 0 Å². The molecule has 1 atom stereocenters. The number of anilines is 1. The molecule has 1 aliphatic heterocycles. The lowest BCUT2D eigenvalue weighted by molar-refractivity contribution is -0.118. The first-order chi connectivity index (χ1) is 11.7. The molecule has 0 aliphatic carbocycles. The molecule has 0 saturated carbocycles. The van der Waals surface area contributed by atoms with Crippen molar-refractivity contribution < 1.29 is 9.21 Å². The van der Waals surface area contributed by atoms with Gasteiger partial charge < -0.3 is 9.32 Å². The van der Waals surface area contributed by atoms with Gasteiger partial charge in [0.2, 0.25) is 17.7 Å². The molecule has 4 rings (SSSR count). The number of amides is 1. The third-order valence-corrected chi connectivity index (χ3v) is 4.95. The zero-order valence-corrected chi connectivity index (χ0v) is 14.1. The summed E-state index contributed by atoms with van der Waals surface area (Å²) in [5, 5.41) is 12.0. The molecule has 2 aromatic heterocycles. The molecule has 1 amide bonds. The fourth-order valence-corrected chi connectivity index (χ4v) is 3.77. The van der Waals surface area contributed by atoms with Gasteiger partial charge in [-0.3, -0.25) is 4.79 Å². The molecule has 3 aromatic rings. The zero-order valence-electron chi connectivity index (χ0n) is 13.3. The maximum atomic E-state index is 12.7. The van der Waals surface area contributed by atoms with Crippen LogP contribution in [-0.2, 0) is 17.6 Å². The summed E-state index contributed by atoms with van der Waals surface area (Å²) in [5.41, 5.74) is 3.18. The van der Waals surface area contributed by atoms with Crippen LogP contribution in [0.5, 0.6) is 0 Å². The normalized spacial score (nSPS) is 16.4. The summed E-state index contributed by atoms with van der Waals surface area (Å²) < 4.78 is 5.65. The van der Waals surface area contributed by atoms with Crippen LogP contribution in [0.3, 0.4) is 0 Å². The lowest BCUT2D eigenvalue weighted by atomic mass is 10.1. The van der Waals surface area contributed by atoms with Crippen LogP contribution in [0.25, 0.3) is 11.5 Å². The van der Waals surface area contributed by atoms with E-state index in [0.717, 1.165) is 17.7 Å². The molecule has 5 nitrogen and oxygen atoms in total. The largest absolute Gasteiger partial charge is 0.421 e. The van der Waals surface area contributed by atoms with Crippen molar-refractivity contribution in [3.05, 3.63) is 52.5 Å². The second kappa shape index (κ2) is 6.20. The van der Waals surface area contributed by atoms with Crippen LogP contribution in [-0.4, -0.2) is 22.1 Å². The summed E-state index contributed by atoms with van der Waals surface area (Å²) >= 11 is 1.58. The average molecular weight is 339 g/mol. The van der Waals surface area contributed by atoms with Gasteiger partial charge in [-0.1, -0.05) is 18.2 Å². The van der Waals surface area contributed by atoms with Crippen molar-refractivity contribution in [1.82, 2.24) is 10.2 Å². The standard InChI is InChI=1S/C18H17N3O2S/c1-12-10-13-4-2-3-5-15(13)21(12)17(22)7-6-16-19-20-18(23-16)14-8-9-24-11-14/h2-5,8-9,11-12H,6-7,10H2,1H3. The predicted octanol–water partition coefficient (Wildman–Crippen LogP) is 3.71. The molecule has 6 heteroatoms. The lowest BCUT2D eigenvalue weighted by Gasteiger charge is -2.22. The average Bonchev–Trinajstić information content (AvgIpc) is 3.31. The van der Waals surface area contributed by atoms with Crippen molar-refractivity contribution in [2.75, 3.05) is 4.90 Å². The number of benzene rings is 1. The number of hydrogen-bond acceptors (Lipinski definition) is 5. The number of aryl methyl sites for hydroxylation is 1. The number of carbonyl (C=O) groups is 1. The smallest absolute Gasteiger partial charge is 0.248 e. The molecule has 0 saturated heterocycles. The van der Waals surface area contributed by atoms with Gasteiger partial charge in [-0.15, -0.1) is 10.2 Å². The van der Waals surface area contributed by atoms with E-state index in [2.05, 4.69) is 23.2 Å². The first kappa shape index (κ1) is 15.1. The second-order valence-electron chi connectivity index (χ2n) is 5.96. The number of nitrogens with zero attached hydrogens (tertiary/aromatic N) is 3. The number of para-hydroxylation sites is 1. The van der Waals surface area contributed by atoms with E-state index in [1.165, 1.54) is 5.56 Å². The van der Waals surface area contributed by atoms with Crippen LogP contribution >= 0.6 is 11.3 Å². The van der Waals surface area contributed by atoms with E-state index in [4.69, 9.17) is 4.42 Å². The van der Waals surface area contributed by atoms with Crippen LogP contribution in [0.2, 0.25) is 0 Å². The first-order valence-electron chi connectivity index (χ1n) is 7.97. The molecular weight excluding hydrogens is 322 g/mol. The molecular formula is C18H17N3O2S. The van der Waals surface area contributed by atoms with E-state index < -0.39 is 0 Å². The number of thiophene rings is 1. The Labute approximate surface area is 143 Å². The number of rotatable bonds is 4. The Balaban J connectivity index is 1.44. The minimum absolute atomic E-state index is 0.0998. The number of fused-ring (bicyclic) bond motifs is 1. The number of hydrogen-bond donors (Lipinski definition) is 0. The summed E-state index contributed by atoms with van der Waals surface area (Å²) in [6, 6.07) is 10.2. The van der Waals surface area contributed by atoms with Gasteiger partial charge in [0.25, 0.3) is 0 Å². The Morgan fingerprint density at radius 2 is 2.21 bits per heavy atom. The number of carbonyl (C=O) groups excluding carboxylic acids is 1. The van der Waals surface area contributed by atoms with E-state index >= 15 is 0 Å². The predicted molar refractivity (Wildman–Crippen MR) is 93.0 cm³/mol. The maximum absolute atomic E-state index is 12.7. The quantitative estimate of drug-likeness (QED) is 0.727.